The van der Waals surface area contributed by atoms with Crippen molar-refractivity contribution in [2.24, 2.45) is 0 Å². The third-order valence-corrected chi connectivity index (χ3v) is 2.07. The normalized spacial score (nSPS) is 11.8. The molecule has 1 atom stereocenters. The Morgan fingerprint density at radius 2 is 2.18 bits per heavy atom. The Morgan fingerprint density at radius 1 is 1.47 bits per heavy atom. The van der Waals surface area contributed by atoms with Gasteiger partial charge in [-0.05, 0) is 6.07 Å². The van der Waals surface area contributed by atoms with E-state index in [4.69, 9.17) is 10.2 Å². The number of amides is 1. The van der Waals surface area contributed by atoms with Gasteiger partial charge < -0.3 is 20.6 Å². The first kappa shape index (κ1) is 12.9. The number of aliphatic carboxylic acids is 1. The lowest BCUT2D eigenvalue weighted by Crippen LogP contribution is -2.41. The molecule has 1 aromatic heterocycles. The molecule has 0 unspecified atom stereocenters. The Balaban J connectivity index is 2.77. The van der Waals surface area contributed by atoms with Crippen molar-refractivity contribution in [2.75, 3.05) is 6.61 Å². The summed E-state index contributed by atoms with van der Waals surface area (Å²) in [6.45, 7) is -0.362. The molecular formula is C10H12N2O5. The number of aromatic hydroxyl groups is 1. The van der Waals surface area contributed by atoms with E-state index in [0.717, 1.165) is 6.20 Å². The topological polar surface area (TPSA) is 120 Å². The van der Waals surface area contributed by atoms with Crippen molar-refractivity contribution in [1.82, 2.24) is 10.3 Å². The van der Waals surface area contributed by atoms with Crippen LogP contribution in [0.1, 0.15) is 16.8 Å². The van der Waals surface area contributed by atoms with Gasteiger partial charge in [0.15, 0.2) is 0 Å². The Labute approximate surface area is 96.7 Å². The minimum Gasteiger partial charge on any atom is -0.505 e. The zero-order chi connectivity index (χ0) is 12.8. The predicted molar refractivity (Wildman–Crippen MR) is 56.5 cm³/mol. The minimum atomic E-state index is -1.25. The van der Waals surface area contributed by atoms with Crippen LogP contribution in [0.5, 0.6) is 5.75 Å². The second-order valence-corrected chi connectivity index (χ2v) is 3.27. The zero-order valence-electron chi connectivity index (χ0n) is 8.83. The Kier molecular flexibility index (Phi) is 4.41. The van der Waals surface area contributed by atoms with E-state index in [2.05, 4.69) is 10.3 Å². The van der Waals surface area contributed by atoms with Crippen LogP contribution in [-0.4, -0.2) is 44.8 Å². The number of hydrogen-bond acceptors (Lipinski definition) is 5. The quantitative estimate of drug-likeness (QED) is 0.543. The van der Waals surface area contributed by atoms with Gasteiger partial charge in [0, 0.05) is 19.2 Å². The van der Waals surface area contributed by atoms with Gasteiger partial charge in [0.05, 0.1) is 11.8 Å². The maximum absolute atomic E-state index is 11.6. The van der Waals surface area contributed by atoms with Crippen LogP contribution in [-0.2, 0) is 4.79 Å². The Bertz CT molecular complexity index is 421. The number of aliphatic hydroxyl groups is 1. The smallest absolute Gasteiger partial charge is 0.326 e. The lowest BCUT2D eigenvalue weighted by Gasteiger charge is -2.13. The number of nitrogens with zero attached hydrogens (tertiary/aromatic N) is 1. The molecule has 0 aliphatic rings. The van der Waals surface area contributed by atoms with Crippen molar-refractivity contribution in [1.29, 1.82) is 0 Å². The molecular weight excluding hydrogens is 228 g/mol. The van der Waals surface area contributed by atoms with E-state index in [1.165, 1.54) is 12.3 Å². The average Bonchev–Trinajstić information content (AvgIpc) is 2.28. The summed E-state index contributed by atoms with van der Waals surface area (Å²) in [6.07, 6.45) is 2.28. The fourth-order valence-corrected chi connectivity index (χ4v) is 1.20. The molecule has 0 spiro atoms. The summed E-state index contributed by atoms with van der Waals surface area (Å²) in [6, 6.07) is 0.0720. The van der Waals surface area contributed by atoms with Gasteiger partial charge >= 0.3 is 5.97 Å². The van der Waals surface area contributed by atoms with Gasteiger partial charge in [-0.1, -0.05) is 0 Å². The van der Waals surface area contributed by atoms with Gasteiger partial charge in [-0.25, -0.2) is 4.79 Å². The van der Waals surface area contributed by atoms with E-state index in [9.17, 15) is 14.7 Å². The lowest BCUT2D eigenvalue weighted by molar-refractivity contribution is -0.139. The van der Waals surface area contributed by atoms with Crippen LogP contribution in [0.25, 0.3) is 0 Å². The highest BCUT2D eigenvalue weighted by Crippen LogP contribution is 2.13. The Morgan fingerprint density at radius 3 is 2.71 bits per heavy atom. The lowest BCUT2D eigenvalue weighted by atomic mass is 10.2. The van der Waals surface area contributed by atoms with Crippen molar-refractivity contribution in [3.8, 4) is 5.75 Å². The number of carbonyl (C=O) groups is 2. The molecule has 7 nitrogen and oxygen atoms in total. The fraction of sp³-hybridized carbons (Fsp3) is 0.300. The first-order chi connectivity index (χ1) is 8.06. The maximum atomic E-state index is 11.6. The zero-order valence-corrected chi connectivity index (χ0v) is 8.83. The molecule has 0 bridgehead atoms. The molecule has 1 rings (SSSR count). The largest absolute Gasteiger partial charge is 0.505 e. The molecule has 92 valence electrons. The molecule has 4 N–H and O–H groups in total. The molecule has 0 radical (unpaired) electrons. The summed E-state index contributed by atoms with van der Waals surface area (Å²) >= 11 is 0. The number of carboxylic acid groups (broad SMARTS) is 1. The van der Waals surface area contributed by atoms with Crippen LogP contribution in [0.4, 0.5) is 0 Å². The van der Waals surface area contributed by atoms with Crippen molar-refractivity contribution in [3.05, 3.63) is 24.0 Å². The molecule has 7 heteroatoms. The number of carboxylic acids is 1. The molecule has 0 saturated carbocycles. The molecule has 1 aromatic rings. The highest BCUT2D eigenvalue weighted by molar-refractivity contribution is 5.98. The fourth-order valence-electron chi connectivity index (χ4n) is 1.20. The third-order valence-electron chi connectivity index (χ3n) is 2.07. The van der Waals surface area contributed by atoms with Crippen LogP contribution < -0.4 is 5.32 Å². The van der Waals surface area contributed by atoms with E-state index in [0.29, 0.717) is 0 Å². The summed E-state index contributed by atoms with van der Waals surface area (Å²) in [7, 11) is 0. The van der Waals surface area contributed by atoms with Gasteiger partial charge in [0.2, 0.25) is 0 Å². The summed E-state index contributed by atoms with van der Waals surface area (Å²) in [5, 5.41) is 28.9. The minimum absolute atomic E-state index is 0.0656. The molecule has 0 saturated heterocycles. The number of rotatable bonds is 5. The van der Waals surface area contributed by atoms with Gasteiger partial charge in [-0.3, -0.25) is 9.78 Å². The van der Waals surface area contributed by atoms with Crippen molar-refractivity contribution >= 4 is 11.9 Å². The summed E-state index contributed by atoms with van der Waals surface area (Å²) in [4.78, 5) is 25.9. The SMILES string of the molecule is O=C(N[C@H](CCO)C(=O)O)c1ccncc1O. The van der Waals surface area contributed by atoms with Crippen LogP contribution in [0.3, 0.4) is 0 Å². The molecule has 0 aliphatic carbocycles. The first-order valence-electron chi connectivity index (χ1n) is 4.83. The first-order valence-corrected chi connectivity index (χ1v) is 4.83. The summed E-state index contributed by atoms with van der Waals surface area (Å²) < 4.78 is 0. The van der Waals surface area contributed by atoms with E-state index < -0.39 is 17.9 Å². The number of nitrogens with one attached hydrogen (secondary N) is 1. The number of hydrogen-bond donors (Lipinski definition) is 4. The number of aromatic nitrogens is 1. The van der Waals surface area contributed by atoms with Crippen molar-refractivity contribution in [3.63, 3.8) is 0 Å². The van der Waals surface area contributed by atoms with Crippen LogP contribution in [0.2, 0.25) is 0 Å². The van der Waals surface area contributed by atoms with Gasteiger partial charge in [0.25, 0.3) is 5.91 Å². The van der Waals surface area contributed by atoms with Crippen molar-refractivity contribution < 1.29 is 24.9 Å². The van der Waals surface area contributed by atoms with Crippen LogP contribution in [0, 0.1) is 0 Å². The maximum Gasteiger partial charge on any atom is 0.326 e. The number of carbonyl (C=O) groups excluding carboxylic acids is 1. The monoisotopic (exact) mass is 240 g/mol. The highest BCUT2D eigenvalue weighted by atomic mass is 16.4. The molecule has 0 fully saturated rings. The van der Waals surface area contributed by atoms with Gasteiger partial charge in [-0.15, -0.1) is 0 Å². The summed E-state index contributed by atoms with van der Waals surface area (Å²) in [5.74, 6) is -2.31. The second kappa shape index (κ2) is 5.80. The average molecular weight is 240 g/mol. The van der Waals surface area contributed by atoms with Gasteiger partial charge in [-0.2, -0.15) is 0 Å². The molecule has 1 amide bonds. The van der Waals surface area contributed by atoms with E-state index in [1.54, 1.807) is 0 Å². The summed E-state index contributed by atoms with van der Waals surface area (Å²) in [5.41, 5.74) is -0.0656. The van der Waals surface area contributed by atoms with Crippen LogP contribution >= 0.6 is 0 Å². The second-order valence-electron chi connectivity index (χ2n) is 3.27. The van der Waals surface area contributed by atoms with Gasteiger partial charge in [0.1, 0.15) is 11.8 Å². The predicted octanol–water partition coefficient (Wildman–Crippen LogP) is -0.647. The highest BCUT2D eigenvalue weighted by Gasteiger charge is 2.21. The van der Waals surface area contributed by atoms with Crippen LogP contribution in [0.15, 0.2) is 18.5 Å². The van der Waals surface area contributed by atoms with E-state index in [1.807, 2.05) is 0 Å². The standard InChI is InChI=1S/C10H12N2O5/c13-4-2-7(10(16)17)12-9(15)6-1-3-11-5-8(6)14/h1,3,5,7,13-14H,2,4H2,(H,12,15)(H,16,17)/t7-/m1/s1. The Hall–Kier alpha value is -2.15. The molecule has 0 aliphatic heterocycles. The molecule has 1 heterocycles. The van der Waals surface area contributed by atoms with E-state index >= 15 is 0 Å². The third kappa shape index (κ3) is 3.42. The number of aliphatic hydroxyl groups excluding tert-OH is 1. The number of pyridine rings is 1. The molecule has 17 heavy (non-hydrogen) atoms. The van der Waals surface area contributed by atoms with Crippen molar-refractivity contribution in [2.45, 2.75) is 12.5 Å². The molecule has 0 aromatic carbocycles. The van der Waals surface area contributed by atoms with E-state index in [-0.39, 0.29) is 24.3 Å².